The van der Waals surface area contributed by atoms with Gasteiger partial charge in [-0.15, -0.1) is 34.8 Å². The largest absolute Gasteiger partial charge is 0.646 e. The van der Waals surface area contributed by atoms with Gasteiger partial charge >= 0.3 is 7.82 Å². The molecule has 8 heteroatoms. The van der Waals surface area contributed by atoms with Crippen LogP contribution >= 0.6 is 42.6 Å². The standard InChI is InChI=1S/C9H12Cl3O4P/c1-7(4-10)14-17(13,15-8(2)5-11)16-9(3)6-12/h1-6H2. The molecule has 0 radical (unpaired) electrons. The molecule has 0 amide bonds. The van der Waals surface area contributed by atoms with Crippen molar-refractivity contribution in [1.82, 2.24) is 0 Å². The summed E-state index contributed by atoms with van der Waals surface area (Å²) in [6.07, 6.45) is 0. The number of rotatable bonds is 9. The molecule has 0 N–H and O–H groups in total. The Kier molecular flexibility index (Phi) is 7.80. The van der Waals surface area contributed by atoms with Crippen molar-refractivity contribution in [3.63, 3.8) is 0 Å². The molecule has 0 aromatic heterocycles. The zero-order valence-corrected chi connectivity index (χ0v) is 12.1. The molecule has 0 aromatic carbocycles. The lowest BCUT2D eigenvalue weighted by Gasteiger charge is -2.20. The molecule has 98 valence electrons. The van der Waals surface area contributed by atoms with Crippen LogP contribution in [0.15, 0.2) is 37.0 Å². The Hall–Kier alpha value is -0.280. The SMILES string of the molecule is C=C(CCl)OP(=O)(OC(=C)CCl)OC(=C)CCl. The summed E-state index contributed by atoms with van der Waals surface area (Å²) >= 11 is 16.3. The van der Waals surface area contributed by atoms with Crippen molar-refractivity contribution in [1.29, 1.82) is 0 Å². The maximum absolute atomic E-state index is 12.1. The summed E-state index contributed by atoms with van der Waals surface area (Å²) in [6, 6.07) is 0. The molecular formula is C9H12Cl3O4P. The summed E-state index contributed by atoms with van der Waals surface area (Å²) in [5.41, 5.74) is 0. The highest BCUT2D eigenvalue weighted by Gasteiger charge is 2.33. The molecule has 0 atom stereocenters. The zero-order chi connectivity index (χ0) is 13.5. The van der Waals surface area contributed by atoms with E-state index >= 15 is 0 Å². The smallest absolute Gasteiger partial charge is 0.390 e. The molecule has 0 bridgehead atoms. The van der Waals surface area contributed by atoms with Gasteiger partial charge in [-0.05, 0) is 0 Å². The Bertz CT molecular complexity index is 304. The first kappa shape index (κ1) is 16.7. The Morgan fingerprint density at radius 1 is 0.824 bits per heavy atom. The van der Waals surface area contributed by atoms with Crippen LogP contribution in [0.25, 0.3) is 0 Å². The van der Waals surface area contributed by atoms with Crippen LogP contribution in [0.3, 0.4) is 0 Å². The van der Waals surface area contributed by atoms with Crippen molar-refractivity contribution < 1.29 is 18.1 Å². The van der Waals surface area contributed by atoms with Gasteiger partial charge in [0.2, 0.25) is 0 Å². The molecule has 0 rings (SSSR count). The van der Waals surface area contributed by atoms with Gasteiger partial charge in [-0.1, -0.05) is 19.7 Å². The summed E-state index contributed by atoms with van der Waals surface area (Å²) in [5, 5.41) is 0. The molecule has 0 aliphatic rings. The topological polar surface area (TPSA) is 44.8 Å². The lowest BCUT2D eigenvalue weighted by Crippen LogP contribution is -2.02. The van der Waals surface area contributed by atoms with Crippen LogP contribution in [-0.4, -0.2) is 17.6 Å². The number of halogens is 3. The number of alkyl halides is 3. The quantitative estimate of drug-likeness (QED) is 0.359. The van der Waals surface area contributed by atoms with Crippen LogP contribution in [0.2, 0.25) is 0 Å². The third-order valence-corrected chi connectivity index (χ3v) is 3.51. The third-order valence-electron chi connectivity index (χ3n) is 1.17. The van der Waals surface area contributed by atoms with E-state index in [0.29, 0.717) is 0 Å². The van der Waals surface area contributed by atoms with E-state index in [1.807, 2.05) is 0 Å². The minimum absolute atomic E-state index is 0.0137. The molecule has 0 unspecified atom stereocenters. The van der Waals surface area contributed by atoms with E-state index in [0.717, 1.165) is 0 Å². The van der Waals surface area contributed by atoms with Crippen molar-refractivity contribution in [2.45, 2.75) is 0 Å². The van der Waals surface area contributed by atoms with Crippen LogP contribution in [-0.2, 0) is 18.1 Å². The second-order valence-electron chi connectivity index (χ2n) is 2.74. The highest BCUT2D eigenvalue weighted by atomic mass is 35.5. The van der Waals surface area contributed by atoms with E-state index < -0.39 is 7.82 Å². The highest BCUT2D eigenvalue weighted by Crippen LogP contribution is 2.54. The van der Waals surface area contributed by atoms with Gasteiger partial charge in [0.1, 0.15) is 17.3 Å². The van der Waals surface area contributed by atoms with Gasteiger partial charge in [0.15, 0.2) is 0 Å². The number of hydrogen-bond donors (Lipinski definition) is 0. The molecule has 0 aliphatic heterocycles. The average Bonchev–Trinajstić information content (AvgIpc) is 2.27. The molecule has 17 heavy (non-hydrogen) atoms. The molecule has 0 heterocycles. The molecule has 0 fully saturated rings. The highest BCUT2D eigenvalue weighted by molar-refractivity contribution is 7.48. The fourth-order valence-corrected chi connectivity index (χ4v) is 2.25. The van der Waals surface area contributed by atoms with E-state index in [1.165, 1.54) is 0 Å². The fourth-order valence-electron chi connectivity index (χ4n) is 0.603. The van der Waals surface area contributed by atoms with E-state index in [2.05, 4.69) is 19.7 Å². The molecular weight excluding hydrogens is 309 g/mol. The van der Waals surface area contributed by atoms with Crippen molar-refractivity contribution in [3.05, 3.63) is 37.0 Å². The van der Waals surface area contributed by atoms with Gasteiger partial charge < -0.3 is 13.6 Å². The Balaban J connectivity index is 4.80. The van der Waals surface area contributed by atoms with E-state index in [4.69, 9.17) is 48.4 Å². The van der Waals surface area contributed by atoms with Crippen LogP contribution < -0.4 is 0 Å². The monoisotopic (exact) mass is 320 g/mol. The lowest BCUT2D eigenvalue weighted by atomic mass is 10.7. The van der Waals surface area contributed by atoms with Gasteiger partial charge in [0.25, 0.3) is 0 Å². The minimum Gasteiger partial charge on any atom is -0.390 e. The Labute approximate surface area is 115 Å². The fraction of sp³-hybridized carbons (Fsp3) is 0.333. The average molecular weight is 322 g/mol. The Morgan fingerprint density at radius 2 is 1.06 bits per heavy atom. The number of phosphoric acid groups is 1. The molecule has 4 nitrogen and oxygen atoms in total. The van der Waals surface area contributed by atoms with Crippen molar-refractivity contribution in [2.24, 2.45) is 0 Å². The molecule has 0 saturated carbocycles. The maximum Gasteiger partial charge on any atom is 0.646 e. The van der Waals surface area contributed by atoms with E-state index in [9.17, 15) is 4.57 Å². The lowest BCUT2D eigenvalue weighted by molar-refractivity contribution is 0.198. The predicted molar refractivity (Wildman–Crippen MR) is 70.4 cm³/mol. The summed E-state index contributed by atoms with van der Waals surface area (Å²) in [7, 11) is -3.99. The van der Waals surface area contributed by atoms with Gasteiger partial charge in [-0.3, -0.25) is 0 Å². The minimum atomic E-state index is -3.99. The molecule has 0 saturated heterocycles. The summed E-state index contributed by atoms with van der Waals surface area (Å²) in [5.74, 6) is -0.175. The van der Waals surface area contributed by atoms with Crippen molar-refractivity contribution in [2.75, 3.05) is 17.6 Å². The van der Waals surface area contributed by atoms with Crippen LogP contribution in [0.1, 0.15) is 0 Å². The zero-order valence-electron chi connectivity index (χ0n) is 8.96. The molecule has 0 aliphatic carbocycles. The number of allylic oxidation sites excluding steroid dienone is 3. The molecule has 0 spiro atoms. The van der Waals surface area contributed by atoms with Crippen LogP contribution in [0.4, 0.5) is 0 Å². The summed E-state index contributed by atoms with van der Waals surface area (Å²) in [6.45, 7) is 10.2. The van der Waals surface area contributed by atoms with E-state index in [1.54, 1.807) is 0 Å². The van der Waals surface area contributed by atoms with Gasteiger partial charge in [-0.25, -0.2) is 0 Å². The third kappa shape index (κ3) is 6.89. The summed E-state index contributed by atoms with van der Waals surface area (Å²) in [4.78, 5) is 0. The van der Waals surface area contributed by atoms with Crippen molar-refractivity contribution >= 4 is 42.6 Å². The van der Waals surface area contributed by atoms with Gasteiger partial charge in [0, 0.05) is 0 Å². The maximum atomic E-state index is 12.1. The van der Waals surface area contributed by atoms with Crippen molar-refractivity contribution in [3.8, 4) is 0 Å². The number of hydrogen-bond acceptors (Lipinski definition) is 4. The normalized spacial score (nSPS) is 10.5. The second-order valence-corrected chi connectivity index (χ2v) is 4.98. The Morgan fingerprint density at radius 3 is 1.24 bits per heavy atom. The van der Waals surface area contributed by atoms with Crippen LogP contribution in [0.5, 0.6) is 0 Å². The molecule has 0 aromatic rings. The van der Waals surface area contributed by atoms with Crippen LogP contribution in [0, 0.1) is 0 Å². The predicted octanol–water partition coefficient (Wildman–Crippen LogP) is 4.40. The van der Waals surface area contributed by atoms with Gasteiger partial charge in [-0.2, -0.15) is 4.57 Å². The number of phosphoric ester groups is 1. The van der Waals surface area contributed by atoms with Gasteiger partial charge in [0.05, 0.1) is 17.6 Å². The first-order valence-electron chi connectivity index (χ1n) is 4.27. The second kappa shape index (κ2) is 7.93. The first-order chi connectivity index (χ1) is 7.86. The van der Waals surface area contributed by atoms with E-state index in [-0.39, 0.29) is 34.9 Å². The first-order valence-corrected chi connectivity index (χ1v) is 7.33. The summed E-state index contributed by atoms with van der Waals surface area (Å²) < 4.78 is 26.7.